The van der Waals surface area contributed by atoms with Crippen molar-refractivity contribution in [2.75, 3.05) is 5.32 Å². The molecule has 78 valence electrons. The van der Waals surface area contributed by atoms with Gasteiger partial charge in [-0.1, -0.05) is 0 Å². The van der Waals surface area contributed by atoms with Crippen LogP contribution in [0.15, 0.2) is 27.6 Å². The number of nitrogens with one attached hydrogen (secondary N) is 1. The zero-order valence-electron chi connectivity index (χ0n) is 7.78. The van der Waals surface area contributed by atoms with Gasteiger partial charge in [-0.15, -0.1) is 11.3 Å². The van der Waals surface area contributed by atoms with E-state index in [-0.39, 0.29) is 5.91 Å². The molecule has 0 saturated carbocycles. The van der Waals surface area contributed by atoms with Gasteiger partial charge >= 0.3 is 0 Å². The molecular formula is C9H7BrN2O2S. The van der Waals surface area contributed by atoms with E-state index in [0.717, 1.165) is 4.88 Å². The van der Waals surface area contributed by atoms with Crippen molar-refractivity contribution in [2.45, 2.75) is 6.92 Å². The Labute approximate surface area is 98.5 Å². The second-order valence-corrected chi connectivity index (χ2v) is 4.79. The quantitative estimate of drug-likeness (QED) is 0.923. The molecule has 0 aliphatic heterocycles. The van der Waals surface area contributed by atoms with E-state index in [9.17, 15) is 4.79 Å². The molecule has 0 unspecified atom stereocenters. The number of nitrogens with zero attached hydrogens (tertiary/aromatic N) is 1. The molecule has 1 amide bonds. The maximum absolute atomic E-state index is 11.7. The van der Waals surface area contributed by atoms with Crippen LogP contribution in [0.25, 0.3) is 0 Å². The van der Waals surface area contributed by atoms with Crippen molar-refractivity contribution in [1.82, 2.24) is 4.98 Å². The Kier molecular flexibility index (Phi) is 2.88. The van der Waals surface area contributed by atoms with E-state index >= 15 is 0 Å². The molecule has 0 aliphatic rings. The number of carbonyl (C=O) groups excluding carboxylic acids is 1. The van der Waals surface area contributed by atoms with Gasteiger partial charge in [-0.05, 0) is 28.9 Å². The summed E-state index contributed by atoms with van der Waals surface area (Å²) in [5.41, 5.74) is 0.461. The molecule has 2 aromatic heterocycles. The van der Waals surface area contributed by atoms with Crippen LogP contribution in [0, 0.1) is 6.92 Å². The number of rotatable bonds is 2. The first-order chi connectivity index (χ1) is 7.16. The third kappa shape index (κ3) is 2.27. The molecule has 0 atom stereocenters. The highest BCUT2D eigenvalue weighted by molar-refractivity contribution is 9.10. The summed E-state index contributed by atoms with van der Waals surface area (Å²) in [5, 5.41) is 3.27. The number of furan rings is 1. The van der Waals surface area contributed by atoms with Crippen LogP contribution in [0.5, 0.6) is 0 Å². The summed E-state index contributed by atoms with van der Waals surface area (Å²) in [6.45, 7) is 1.93. The van der Waals surface area contributed by atoms with E-state index in [0.29, 0.717) is 15.4 Å². The van der Waals surface area contributed by atoms with Crippen LogP contribution in [0.4, 0.5) is 5.13 Å². The van der Waals surface area contributed by atoms with E-state index in [1.165, 1.54) is 17.6 Å². The Hall–Kier alpha value is -1.14. The minimum atomic E-state index is -0.232. The van der Waals surface area contributed by atoms with Gasteiger partial charge in [0.1, 0.15) is 0 Å². The molecule has 1 N–H and O–H groups in total. The molecule has 0 saturated heterocycles. The Morgan fingerprint density at radius 3 is 3.00 bits per heavy atom. The first-order valence-corrected chi connectivity index (χ1v) is 5.74. The highest BCUT2D eigenvalue weighted by Gasteiger charge is 2.13. The highest BCUT2D eigenvalue weighted by Crippen LogP contribution is 2.21. The Bertz CT molecular complexity index is 492. The molecule has 2 rings (SSSR count). The minimum absolute atomic E-state index is 0.232. The largest absolute Gasteiger partial charge is 0.457 e. The van der Waals surface area contributed by atoms with Crippen molar-refractivity contribution >= 4 is 38.3 Å². The Morgan fingerprint density at radius 2 is 2.47 bits per heavy atom. The van der Waals surface area contributed by atoms with E-state index in [1.807, 2.05) is 6.92 Å². The molecule has 2 aromatic rings. The third-order valence-electron chi connectivity index (χ3n) is 1.70. The third-order valence-corrected chi connectivity index (χ3v) is 3.15. The van der Waals surface area contributed by atoms with Crippen molar-refractivity contribution in [3.05, 3.63) is 33.6 Å². The van der Waals surface area contributed by atoms with Gasteiger partial charge in [0, 0.05) is 11.1 Å². The second kappa shape index (κ2) is 4.16. The summed E-state index contributed by atoms with van der Waals surface area (Å²) in [7, 11) is 0. The van der Waals surface area contributed by atoms with Gasteiger partial charge in [0.2, 0.25) is 0 Å². The van der Waals surface area contributed by atoms with Gasteiger partial charge in [-0.2, -0.15) is 0 Å². The molecule has 15 heavy (non-hydrogen) atoms. The number of hydrogen-bond donors (Lipinski definition) is 1. The van der Waals surface area contributed by atoms with Crippen LogP contribution < -0.4 is 5.32 Å². The molecule has 0 spiro atoms. The summed E-state index contributed by atoms with van der Waals surface area (Å²) < 4.78 is 5.39. The smallest absolute Gasteiger partial charge is 0.261 e. The average Bonchev–Trinajstić information content (AvgIpc) is 2.75. The topological polar surface area (TPSA) is 55.1 Å². The predicted molar refractivity (Wildman–Crippen MR) is 61.2 cm³/mol. The zero-order valence-corrected chi connectivity index (χ0v) is 10.2. The normalized spacial score (nSPS) is 10.3. The van der Waals surface area contributed by atoms with Gasteiger partial charge in [-0.25, -0.2) is 4.98 Å². The summed E-state index contributed by atoms with van der Waals surface area (Å²) in [4.78, 5) is 16.8. The lowest BCUT2D eigenvalue weighted by Gasteiger charge is -1.98. The van der Waals surface area contributed by atoms with Gasteiger partial charge in [0.05, 0.1) is 11.8 Å². The first kappa shape index (κ1) is 10.4. The summed E-state index contributed by atoms with van der Waals surface area (Å²) in [6, 6.07) is 1.60. The molecule has 0 aliphatic carbocycles. The van der Waals surface area contributed by atoms with Crippen LogP contribution in [-0.2, 0) is 0 Å². The molecule has 0 aromatic carbocycles. The predicted octanol–water partition coefficient (Wildman–Crippen LogP) is 3.06. The molecule has 0 radical (unpaired) electrons. The number of aryl methyl sites for hydroxylation is 1. The minimum Gasteiger partial charge on any atom is -0.457 e. The van der Waals surface area contributed by atoms with Crippen LogP contribution in [0.3, 0.4) is 0 Å². The lowest BCUT2D eigenvalue weighted by Crippen LogP contribution is -2.10. The van der Waals surface area contributed by atoms with Gasteiger partial charge in [0.25, 0.3) is 5.91 Å². The molecular weight excluding hydrogens is 280 g/mol. The van der Waals surface area contributed by atoms with Crippen molar-refractivity contribution < 1.29 is 9.21 Å². The van der Waals surface area contributed by atoms with Crippen molar-refractivity contribution in [2.24, 2.45) is 0 Å². The molecule has 4 nitrogen and oxygen atoms in total. The number of carbonyl (C=O) groups is 1. The summed E-state index contributed by atoms with van der Waals surface area (Å²) >= 11 is 4.57. The standard InChI is InChI=1S/C9H7BrN2O2S/c1-5-4-11-9(15-5)12-8(13)6-2-3-14-7(6)10/h2-4H,1H3,(H,11,12,13). The number of anilines is 1. The SMILES string of the molecule is Cc1cnc(NC(=O)c2ccoc2Br)s1. The molecule has 2 heterocycles. The number of aromatic nitrogens is 1. The maximum atomic E-state index is 11.7. The highest BCUT2D eigenvalue weighted by atomic mass is 79.9. The van der Waals surface area contributed by atoms with Gasteiger partial charge < -0.3 is 4.42 Å². The van der Waals surface area contributed by atoms with Crippen molar-refractivity contribution in [3.63, 3.8) is 0 Å². The fourth-order valence-electron chi connectivity index (χ4n) is 1.03. The van der Waals surface area contributed by atoms with Crippen LogP contribution in [0.1, 0.15) is 15.2 Å². The van der Waals surface area contributed by atoms with Crippen molar-refractivity contribution in [1.29, 1.82) is 0 Å². The number of halogens is 1. The fourth-order valence-corrected chi connectivity index (χ4v) is 2.11. The second-order valence-electron chi connectivity index (χ2n) is 2.84. The molecule has 0 bridgehead atoms. The van der Waals surface area contributed by atoms with E-state index in [1.54, 1.807) is 12.3 Å². The van der Waals surface area contributed by atoms with Crippen molar-refractivity contribution in [3.8, 4) is 0 Å². The Morgan fingerprint density at radius 1 is 1.67 bits per heavy atom. The fraction of sp³-hybridized carbons (Fsp3) is 0.111. The monoisotopic (exact) mass is 286 g/mol. The zero-order chi connectivity index (χ0) is 10.8. The molecule has 6 heteroatoms. The molecule has 0 fully saturated rings. The average molecular weight is 287 g/mol. The lowest BCUT2D eigenvalue weighted by molar-refractivity contribution is 0.102. The number of amides is 1. The maximum Gasteiger partial charge on any atom is 0.261 e. The Balaban J connectivity index is 2.14. The van der Waals surface area contributed by atoms with Gasteiger partial charge in [-0.3, -0.25) is 10.1 Å². The van der Waals surface area contributed by atoms with Crippen LogP contribution in [-0.4, -0.2) is 10.9 Å². The van der Waals surface area contributed by atoms with E-state index in [4.69, 9.17) is 4.42 Å². The summed E-state index contributed by atoms with van der Waals surface area (Å²) in [5.74, 6) is -0.232. The van der Waals surface area contributed by atoms with Crippen LogP contribution in [0.2, 0.25) is 0 Å². The first-order valence-electron chi connectivity index (χ1n) is 4.13. The number of hydrogen-bond acceptors (Lipinski definition) is 4. The number of thiazole rings is 1. The van der Waals surface area contributed by atoms with E-state index in [2.05, 4.69) is 26.2 Å². The summed E-state index contributed by atoms with van der Waals surface area (Å²) in [6.07, 6.45) is 3.16. The van der Waals surface area contributed by atoms with Gasteiger partial charge in [0.15, 0.2) is 9.80 Å². The van der Waals surface area contributed by atoms with Crippen LogP contribution >= 0.6 is 27.3 Å². The van der Waals surface area contributed by atoms with E-state index < -0.39 is 0 Å². The lowest BCUT2D eigenvalue weighted by atomic mass is 10.3.